The first-order chi connectivity index (χ1) is 25.5. The number of ketones is 2. The maximum absolute atomic E-state index is 14.0. The van der Waals surface area contributed by atoms with Crippen molar-refractivity contribution in [3.8, 4) is 0 Å². The van der Waals surface area contributed by atoms with Crippen LogP contribution in [0.15, 0.2) is 54.2 Å². The number of carbonyl (C=O) groups excluding carboxylic acids is 2. The molecule has 0 radical (unpaired) electrons. The predicted molar refractivity (Wildman–Crippen MR) is 205 cm³/mol. The molecular weight excluding hydrogens is 672 g/mol. The number of anilines is 3. The summed E-state index contributed by atoms with van der Waals surface area (Å²) in [4.78, 5) is 63.4. The van der Waals surface area contributed by atoms with Gasteiger partial charge in [0, 0.05) is 75.8 Å². The minimum atomic E-state index is -0.981. The Bertz CT molecular complexity index is 1620. The Morgan fingerprint density at radius 3 is 2.11 bits per heavy atom. The minimum Gasteiger partial charge on any atom is -0.483 e. The largest absolute Gasteiger partial charge is 0.483 e. The highest BCUT2D eigenvalue weighted by molar-refractivity contribution is 6.01. The van der Waals surface area contributed by atoms with Gasteiger partial charge in [-0.15, -0.1) is 0 Å². The van der Waals surface area contributed by atoms with Crippen molar-refractivity contribution in [3.05, 3.63) is 54.2 Å². The normalized spacial score (nSPS) is 30.4. The highest BCUT2D eigenvalue weighted by Gasteiger charge is 2.57. The quantitative estimate of drug-likeness (QED) is 0.217. The molecule has 5 fully saturated rings. The molecule has 0 spiro atoms. The summed E-state index contributed by atoms with van der Waals surface area (Å²) in [6.45, 7) is 15.8. The van der Waals surface area contributed by atoms with E-state index in [4.69, 9.17) is 25.0 Å². The molecule has 286 valence electrons. The number of aliphatic carboxylic acids is 1. The van der Waals surface area contributed by atoms with Crippen LogP contribution in [-0.4, -0.2) is 108 Å². The van der Waals surface area contributed by atoms with Crippen LogP contribution in [0.3, 0.4) is 0 Å². The van der Waals surface area contributed by atoms with E-state index in [2.05, 4.69) is 58.2 Å². The molecule has 12 nitrogen and oxygen atoms in total. The molecule has 2 N–H and O–H groups in total. The number of hydrogen-bond acceptors (Lipinski definition) is 10. The third kappa shape index (κ3) is 7.98. The van der Waals surface area contributed by atoms with Gasteiger partial charge in [-0.2, -0.15) is 9.97 Å². The molecule has 5 atom stereocenters. The van der Waals surface area contributed by atoms with E-state index in [1.165, 1.54) is 36.8 Å². The summed E-state index contributed by atoms with van der Waals surface area (Å²) in [7, 11) is 0. The first-order valence-electron chi connectivity index (χ1n) is 19.5. The topological polar surface area (TPSA) is 147 Å². The summed E-state index contributed by atoms with van der Waals surface area (Å²) in [5.74, 6) is 3.84. The number of fused-ring (bicyclic) bond motifs is 5. The van der Waals surface area contributed by atoms with Crippen molar-refractivity contribution in [1.29, 1.82) is 0 Å². The minimum absolute atomic E-state index is 0.0394. The number of aromatic nitrogens is 2. The number of piperazine rings is 1. The second-order valence-electron chi connectivity index (χ2n) is 16.0. The first kappa shape index (κ1) is 38.4. The van der Waals surface area contributed by atoms with Crippen molar-refractivity contribution in [3.63, 3.8) is 0 Å². The number of hydrogen-bond donors (Lipinski definition) is 2. The van der Waals surface area contributed by atoms with E-state index in [0.717, 1.165) is 108 Å². The average Bonchev–Trinajstić information content (AvgIpc) is 3.95. The number of allylic oxidation sites excluding steroid dienone is 6. The van der Waals surface area contributed by atoms with Gasteiger partial charge in [0.2, 0.25) is 5.95 Å². The fraction of sp³-hybridized carbons (Fsp3) is 0.610. The van der Waals surface area contributed by atoms with Crippen molar-refractivity contribution >= 4 is 41.6 Å². The van der Waals surface area contributed by atoms with Gasteiger partial charge in [-0.1, -0.05) is 36.8 Å². The van der Waals surface area contributed by atoms with Crippen LogP contribution in [0, 0.1) is 28.6 Å². The smallest absolute Gasteiger partial charge is 0.327 e. The van der Waals surface area contributed by atoms with Gasteiger partial charge in [0.15, 0.2) is 5.78 Å². The highest BCUT2D eigenvalue weighted by atomic mass is 16.4. The molecule has 4 aliphatic carbocycles. The van der Waals surface area contributed by atoms with Crippen molar-refractivity contribution in [1.82, 2.24) is 14.9 Å². The second-order valence-corrected chi connectivity index (χ2v) is 16.0. The van der Waals surface area contributed by atoms with E-state index >= 15 is 0 Å². The zero-order valence-electron chi connectivity index (χ0n) is 31.4. The van der Waals surface area contributed by atoms with Crippen LogP contribution < -0.4 is 14.7 Å². The molecule has 1 aromatic rings. The lowest BCUT2D eigenvalue weighted by molar-refractivity contribution is -0.131. The summed E-state index contributed by atoms with van der Waals surface area (Å²) in [5.41, 5.74) is 2.72. The zero-order chi connectivity index (χ0) is 37.8. The van der Waals surface area contributed by atoms with Gasteiger partial charge in [0.25, 0.3) is 6.47 Å². The summed E-state index contributed by atoms with van der Waals surface area (Å²) >= 11 is 0. The van der Waals surface area contributed by atoms with Crippen molar-refractivity contribution in [2.45, 2.75) is 71.6 Å². The molecular formula is C41H56N6O6. The van der Waals surface area contributed by atoms with Gasteiger partial charge < -0.3 is 24.9 Å². The van der Waals surface area contributed by atoms with E-state index in [1.807, 2.05) is 6.08 Å². The van der Waals surface area contributed by atoms with Gasteiger partial charge in [-0.25, -0.2) is 4.79 Å². The molecule has 7 aliphatic rings. The van der Waals surface area contributed by atoms with Crippen LogP contribution in [0.1, 0.15) is 71.6 Å². The summed E-state index contributed by atoms with van der Waals surface area (Å²) < 4.78 is 0. The highest BCUT2D eigenvalue weighted by Crippen LogP contribution is 2.64. The number of rotatable bonds is 7. The van der Waals surface area contributed by atoms with E-state index < -0.39 is 5.97 Å². The van der Waals surface area contributed by atoms with Crippen molar-refractivity contribution in [2.75, 3.05) is 73.6 Å². The lowest BCUT2D eigenvalue weighted by atomic mass is 9.52. The molecule has 0 amide bonds. The van der Waals surface area contributed by atoms with E-state index in [9.17, 15) is 14.4 Å². The standard InChI is InChI=1S/C37H50N6O2.C3H4O2.CH2O2/c1-36-13-11-27(44)23-26(36)7-8-28-29-9-10-31(37(29,2)14-12-30(28)36)32(45)25-40-19-21-42(22-20-40)34-24-33(41-15-3-4-16-41)38-35(39-34)43-17-5-6-18-43;1-2-3(4)5;2-1-3/h11-13,23-24,28-29,31H,3-10,14-22,25H2,1-2H3;2H,1H2,(H,4,5);1H,(H,2,3)/t28-,29-,31+,36-,37-;;/m0../s1. The van der Waals surface area contributed by atoms with Crippen LogP contribution in [0.5, 0.6) is 0 Å². The molecule has 0 bridgehead atoms. The number of carbonyl (C=O) groups is 4. The molecule has 3 aliphatic heterocycles. The Hall–Kier alpha value is -4.32. The maximum Gasteiger partial charge on any atom is 0.327 e. The third-order valence-corrected chi connectivity index (χ3v) is 13.1. The van der Waals surface area contributed by atoms with Gasteiger partial charge in [-0.3, -0.25) is 19.3 Å². The molecule has 1 aromatic heterocycles. The van der Waals surface area contributed by atoms with Crippen LogP contribution in [-0.2, 0) is 19.2 Å². The zero-order valence-corrected chi connectivity index (χ0v) is 31.4. The monoisotopic (exact) mass is 728 g/mol. The average molecular weight is 729 g/mol. The summed E-state index contributed by atoms with van der Waals surface area (Å²) in [5, 5.41) is 14.5. The SMILES string of the molecule is C=CC(=O)O.C[C@]12C=CC(=O)C=C1CC[C@@H]1C2=CC[C@]2(C)[C@@H](C(=O)CN3CCN(c4cc(N5CCCC5)nc(N5CCCC5)n4)CC3)CC[C@@H]12.O=CO. The number of carboxylic acid groups (broad SMARTS) is 2. The summed E-state index contributed by atoms with van der Waals surface area (Å²) in [6.07, 6.45) is 19.3. The number of Topliss-reactive ketones (excluding diaryl/α,β-unsaturated/α-hetero) is 1. The number of nitrogens with zero attached hydrogens (tertiary/aromatic N) is 6. The second kappa shape index (κ2) is 16.4. The fourth-order valence-electron chi connectivity index (χ4n) is 10.3. The molecule has 8 rings (SSSR count). The molecule has 53 heavy (non-hydrogen) atoms. The molecule has 2 saturated carbocycles. The van der Waals surface area contributed by atoms with Crippen LogP contribution in [0.4, 0.5) is 17.6 Å². The third-order valence-electron chi connectivity index (χ3n) is 13.1. The molecule has 12 heteroatoms. The van der Waals surface area contributed by atoms with Crippen LogP contribution >= 0.6 is 0 Å². The maximum atomic E-state index is 14.0. The molecule has 0 aromatic carbocycles. The Morgan fingerprint density at radius 2 is 1.51 bits per heavy atom. The van der Waals surface area contributed by atoms with Crippen LogP contribution in [0.25, 0.3) is 0 Å². The van der Waals surface area contributed by atoms with E-state index in [0.29, 0.717) is 24.2 Å². The lowest BCUT2D eigenvalue weighted by Crippen LogP contribution is -2.50. The van der Waals surface area contributed by atoms with Gasteiger partial charge in [0.1, 0.15) is 17.4 Å². The Kier molecular flexibility index (Phi) is 11.9. The predicted octanol–water partition coefficient (Wildman–Crippen LogP) is 5.17. The Morgan fingerprint density at radius 1 is 0.925 bits per heavy atom. The van der Waals surface area contributed by atoms with Gasteiger partial charge in [0.05, 0.1) is 6.54 Å². The molecule has 0 unspecified atom stereocenters. The van der Waals surface area contributed by atoms with Crippen molar-refractivity contribution < 1.29 is 29.4 Å². The van der Waals surface area contributed by atoms with Crippen LogP contribution in [0.2, 0.25) is 0 Å². The fourth-order valence-corrected chi connectivity index (χ4v) is 10.3. The Balaban J connectivity index is 0.000000549. The van der Waals surface area contributed by atoms with Gasteiger partial charge in [-0.05, 0) is 94.1 Å². The van der Waals surface area contributed by atoms with E-state index in [1.54, 1.807) is 6.08 Å². The molecule has 4 heterocycles. The lowest BCUT2D eigenvalue weighted by Gasteiger charge is -2.52. The van der Waals surface area contributed by atoms with E-state index in [-0.39, 0.29) is 29.0 Å². The number of carboxylic acids is 1. The molecule has 3 saturated heterocycles. The first-order valence-corrected chi connectivity index (χ1v) is 19.5. The van der Waals surface area contributed by atoms with Crippen molar-refractivity contribution in [2.24, 2.45) is 28.6 Å². The Labute approximate surface area is 313 Å². The van der Waals surface area contributed by atoms with Gasteiger partial charge >= 0.3 is 5.97 Å². The summed E-state index contributed by atoms with van der Waals surface area (Å²) in [6, 6.07) is 2.21.